The first-order chi connectivity index (χ1) is 12.7. The molecule has 2 aromatic carbocycles. The highest BCUT2D eigenvalue weighted by atomic mass is 16.6. The summed E-state index contributed by atoms with van der Waals surface area (Å²) >= 11 is 0. The van der Waals surface area contributed by atoms with Gasteiger partial charge in [0.25, 0.3) is 0 Å². The Bertz CT molecular complexity index is 1080. The third-order valence-corrected chi connectivity index (χ3v) is 6.67. The van der Waals surface area contributed by atoms with Crippen LogP contribution in [0.4, 0.5) is 0 Å². The molecule has 5 rings (SSSR count). The number of hydrogen-bond acceptors (Lipinski definition) is 3. The van der Waals surface area contributed by atoms with Crippen molar-refractivity contribution in [1.29, 1.82) is 0 Å². The zero-order chi connectivity index (χ0) is 19.3. The number of benzene rings is 2. The summed E-state index contributed by atoms with van der Waals surface area (Å²) in [6, 6.07) is 8.51. The minimum atomic E-state index is -0.875. The van der Waals surface area contributed by atoms with E-state index in [0.29, 0.717) is 5.75 Å². The normalized spacial score (nSPS) is 29.9. The molecule has 1 spiro atoms. The van der Waals surface area contributed by atoms with Crippen LogP contribution in [0.2, 0.25) is 0 Å². The molecule has 1 aliphatic carbocycles. The third-order valence-electron chi connectivity index (χ3n) is 6.67. The van der Waals surface area contributed by atoms with Gasteiger partial charge < -0.3 is 9.47 Å². The molecule has 3 unspecified atom stereocenters. The van der Waals surface area contributed by atoms with Crippen molar-refractivity contribution in [3.05, 3.63) is 69.3 Å². The summed E-state index contributed by atoms with van der Waals surface area (Å²) in [4.78, 5) is 13.4. The molecule has 2 heterocycles. The molecular formula is C24H24O3. The molecule has 0 amide bonds. The van der Waals surface area contributed by atoms with Gasteiger partial charge in [0.15, 0.2) is 5.41 Å². The van der Waals surface area contributed by atoms with E-state index in [0.717, 1.165) is 33.6 Å². The van der Waals surface area contributed by atoms with Gasteiger partial charge >= 0.3 is 5.97 Å². The van der Waals surface area contributed by atoms with Crippen molar-refractivity contribution in [2.45, 2.75) is 58.5 Å². The van der Waals surface area contributed by atoms with Gasteiger partial charge in [0.2, 0.25) is 0 Å². The van der Waals surface area contributed by atoms with Crippen LogP contribution in [0.5, 0.6) is 11.5 Å². The van der Waals surface area contributed by atoms with Gasteiger partial charge in [-0.05, 0) is 52.7 Å². The second kappa shape index (κ2) is 4.83. The maximum atomic E-state index is 13.4. The maximum absolute atomic E-state index is 13.4. The number of carbonyl (C=O) groups is 1. The first kappa shape index (κ1) is 16.6. The summed E-state index contributed by atoms with van der Waals surface area (Å²) < 4.78 is 12.4. The third kappa shape index (κ3) is 1.75. The van der Waals surface area contributed by atoms with E-state index >= 15 is 0 Å². The van der Waals surface area contributed by atoms with E-state index in [1.807, 2.05) is 13.8 Å². The maximum Gasteiger partial charge on any atom is 0.330 e. The average Bonchev–Trinajstić information content (AvgIpc) is 3.09. The predicted octanol–water partition coefficient (Wildman–Crippen LogP) is 4.76. The fourth-order valence-electron chi connectivity index (χ4n) is 5.64. The summed E-state index contributed by atoms with van der Waals surface area (Å²) in [7, 11) is 0. The van der Waals surface area contributed by atoms with Gasteiger partial charge in [0.1, 0.15) is 17.6 Å². The fourth-order valence-corrected chi connectivity index (χ4v) is 5.64. The van der Waals surface area contributed by atoms with Gasteiger partial charge in [0, 0.05) is 11.1 Å². The topological polar surface area (TPSA) is 35.5 Å². The van der Waals surface area contributed by atoms with Gasteiger partial charge in [0.05, 0.1) is 5.41 Å². The van der Waals surface area contributed by atoms with Gasteiger partial charge in [-0.1, -0.05) is 47.0 Å². The molecule has 3 atom stereocenters. The molecule has 0 saturated carbocycles. The van der Waals surface area contributed by atoms with Crippen LogP contribution in [-0.2, 0) is 15.6 Å². The fraction of sp³-hybridized carbons (Fsp3) is 0.375. The summed E-state index contributed by atoms with van der Waals surface area (Å²) in [5, 5.41) is 0. The molecule has 0 aromatic heterocycles. The monoisotopic (exact) mass is 360 g/mol. The van der Waals surface area contributed by atoms with Crippen LogP contribution in [-0.4, -0.2) is 12.1 Å². The smallest absolute Gasteiger partial charge is 0.330 e. The Morgan fingerprint density at radius 2 is 1.44 bits per heavy atom. The second-order valence-corrected chi connectivity index (χ2v) is 8.72. The Labute approximate surface area is 160 Å². The van der Waals surface area contributed by atoms with Gasteiger partial charge in [-0.15, -0.1) is 0 Å². The van der Waals surface area contributed by atoms with Crippen molar-refractivity contribution in [2.24, 2.45) is 0 Å². The first-order valence-corrected chi connectivity index (χ1v) is 9.52. The molecule has 3 aliphatic rings. The van der Waals surface area contributed by atoms with Crippen LogP contribution in [0.3, 0.4) is 0 Å². The summed E-state index contributed by atoms with van der Waals surface area (Å²) in [6.07, 6.45) is 1.91. The van der Waals surface area contributed by atoms with Crippen LogP contribution in [0.1, 0.15) is 47.2 Å². The van der Waals surface area contributed by atoms with Crippen molar-refractivity contribution < 1.29 is 14.3 Å². The van der Waals surface area contributed by atoms with Crippen molar-refractivity contribution in [3.8, 4) is 11.5 Å². The Morgan fingerprint density at radius 1 is 0.852 bits per heavy atom. The Balaban J connectivity index is 1.81. The Hall–Kier alpha value is -2.55. The molecule has 3 heteroatoms. The molecule has 0 N–H and O–H groups in total. The van der Waals surface area contributed by atoms with Crippen molar-refractivity contribution in [3.63, 3.8) is 0 Å². The number of carbonyl (C=O) groups excluding carboxylic acids is 1. The minimum Gasteiger partial charge on any atom is -0.487 e. The number of hydrogen-bond donors (Lipinski definition) is 0. The number of esters is 1. The summed E-state index contributed by atoms with van der Waals surface area (Å²) in [5.41, 5.74) is 6.38. The summed E-state index contributed by atoms with van der Waals surface area (Å²) in [6.45, 7) is 12.5. The molecular weight excluding hydrogens is 336 g/mol. The van der Waals surface area contributed by atoms with Crippen LogP contribution < -0.4 is 9.47 Å². The van der Waals surface area contributed by atoms with E-state index in [4.69, 9.17) is 9.47 Å². The lowest BCUT2D eigenvalue weighted by Gasteiger charge is -2.33. The molecule has 3 nitrogen and oxygen atoms in total. The van der Waals surface area contributed by atoms with Crippen molar-refractivity contribution in [1.82, 2.24) is 0 Å². The Kier molecular flexibility index (Phi) is 2.97. The number of aryl methyl sites for hydroxylation is 4. The van der Waals surface area contributed by atoms with E-state index in [1.165, 1.54) is 11.1 Å². The number of fused-ring (bicyclic) bond motifs is 6. The van der Waals surface area contributed by atoms with Gasteiger partial charge in [-0.2, -0.15) is 0 Å². The molecule has 0 saturated heterocycles. The quantitative estimate of drug-likeness (QED) is 0.386. The molecule has 0 fully saturated rings. The van der Waals surface area contributed by atoms with Crippen molar-refractivity contribution >= 4 is 5.97 Å². The van der Waals surface area contributed by atoms with E-state index in [1.54, 1.807) is 0 Å². The Morgan fingerprint density at radius 3 is 2.11 bits per heavy atom. The number of ether oxygens (including phenoxy) is 2. The lowest BCUT2D eigenvalue weighted by atomic mass is 9.68. The van der Waals surface area contributed by atoms with Crippen LogP contribution in [0.25, 0.3) is 0 Å². The highest BCUT2D eigenvalue weighted by Gasteiger charge is 2.68. The van der Waals surface area contributed by atoms with Crippen LogP contribution in [0.15, 0.2) is 35.9 Å². The molecule has 2 aromatic rings. The zero-order valence-corrected chi connectivity index (χ0v) is 16.7. The molecule has 27 heavy (non-hydrogen) atoms. The number of rotatable bonds is 0. The molecule has 0 radical (unpaired) electrons. The van der Waals surface area contributed by atoms with E-state index in [2.05, 4.69) is 58.0 Å². The van der Waals surface area contributed by atoms with Crippen LogP contribution in [0, 0.1) is 27.7 Å². The highest BCUT2D eigenvalue weighted by molar-refractivity contribution is 5.97. The van der Waals surface area contributed by atoms with E-state index in [-0.39, 0.29) is 17.5 Å². The zero-order valence-electron chi connectivity index (χ0n) is 16.7. The largest absolute Gasteiger partial charge is 0.487 e. The van der Waals surface area contributed by atoms with Gasteiger partial charge in [-0.25, -0.2) is 0 Å². The highest BCUT2D eigenvalue weighted by Crippen LogP contribution is 2.62. The lowest BCUT2D eigenvalue weighted by Crippen LogP contribution is -2.50. The second-order valence-electron chi connectivity index (χ2n) is 8.72. The van der Waals surface area contributed by atoms with Gasteiger partial charge in [-0.3, -0.25) is 4.79 Å². The lowest BCUT2D eigenvalue weighted by molar-refractivity contribution is -0.140. The summed E-state index contributed by atoms with van der Waals surface area (Å²) in [5.74, 6) is 1.41. The molecule has 2 aliphatic heterocycles. The predicted molar refractivity (Wildman–Crippen MR) is 105 cm³/mol. The van der Waals surface area contributed by atoms with Crippen LogP contribution >= 0.6 is 0 Å². The first-order valence-electron chi connectivity index (χ1n) is 9.52. The van der Waals surface area contributed by atoms with Crippen molar-refractivity contribution in [2.75, 3.05) is 0 Å². The molecule has 138 valence electrons. The minimum absolute atomic E-state index is 0.212. The standard InChI is InChI=1S/C24H24O3/c1-12-7-14(3)19-17(9-12)23(6)11-16(5)24(21(23)26-19)18-10-13(2)8-15(4)20(18)27-22(24)25/h7-11,21H,1-6H3. The SMILES string of the molecule is CC1=CC2(C)c3cc(C)cc(C)c3OC2C12C(=O)Oc1c(C)cc(C)cc12. The van der Waals surface area contributed by atoms with E-state index in [9.17, 15) is 4.79 Å². The van der Waals surface area contributed by atoms with E-state index < -0.39 is 5.41 Å². The molecule has 0 bridgehead atoms. The average molecular weight is 360 g/mol.